The highest BCUT2D eigenvalue weighted by molar-refractivity contribution is 5.77. The van der Waals surface area contributed by atoms with Crippen LogP contribution in [0.1, 0.15) is 34.6 Å². The first-order chi connectivity index (χ1) is 15.1. The highest BCUT2D eigenvalue weighted by Crippen LogP contribution is 2.32. The lowest BCUT2D eigenvalue weighted by atomic mass is 10.1. The third-order valence-electron chi connectivity index (χ3n) is 6.05. The van der Waals surface area contributed by atoms with Crippen molar-refractivity contribution in [3.05, 3.63) is 58.5 Å². The maximum Gasteiger partial charge on any atom is 0.416 e. The zero-order valence-corrected chi connectivity index (χ0v) is 18.4. The molecule has 1 aliphatic heterocycles. The molecule has 1 aromatic carbocycles. The number of rotatable bonds is 4. The number of halogens is 3. The quantitative estimate of drug-likeness (QED) is 0.610. The van der Waals surface area contributed by atoms with Gasteiger partial charge in [-0.3, -0.25) is 4.79 Å². The predicted octanol–water partition coefficient (Wildman–Crippen LogP) is 3.95. The minimum Gasteiger partial charge on any atom is -0.368 e. The SMILES string of the molecule is Cc1cc2nc(C)c(CCC(=O)N3CCN(c4cccc(C(F)(F)F)c4)CC3)c(C)n2n1. The van der Waals surface area contributed by atoms with Gasteiger partial charge >= 0.3 is 6.18 Å². The van der Waals surface area contributed by atoms with Crippen LogP contribution in [0.5, 0.6) is 0 Å². The average Bonchev–Trinajstić information content (AvgIpc) is 3.13. The van der Waals surface area contributed by atoms with Crippen LogP contribution in [0.2, 0.25) is 0 Å². The number of amides is 1. The Morgan fingerprint density at radius 1 is 1.06 bits per heavy atom. The van der Waals surface area contributed by atoms with Crippen LogP contribution in [0.15, 0.2) is 30.3 Å². The number of aromatic nitrogens is 3. The molecule has 2 aromatic heterocycles. The minimum absolute atomic E-state index is 0.0456. The van der Waals surface area contributed by atoms with E-state index in [0.717, 1.165) is 34.4 Å². The van der Waals surface area contributed by atoms with Gasteiger partial charge in [0.1, 0.15) is 0 Å². The molecule has 32 heavy (non-hydrogen) atoms. The molecule has 1 saturated heterocycles. The molecule has 0 spiro atoms. The van der Waals surface area contributed by atoms with E-state index in [1.54, 1.807) is 11.0 Å². The summed E-state index contributed by atoms with van der Waals surface area (Å²) in [7, 11) is 0. The number of hydrogen-bond acceptors (Lipinski definition) is 4. The smallest absolute Gasteiger partial charge is 0.368 e. The van der Waals surface area contributed by atoms with E-state index in [0.29, 0.717) is 44.7 Å². The molecule has 0 N–H and O–H groups in total. The van der Waals surface area contributed by atoms with Crippen molar-refractivity contribution in [2.45, 2.75) is 39.8 Å². The number of fused-ring (bicyclic) bond motifs is 1. The Hall–Kier alpha value is -3.10. The Morgan fingerprint density at radius 2 is 1.78 bits per heavy atom. The molecule has 170 valence electrons. The van der Waals surface area contributed by atoms with Crippen LogP contribution in [-0.2, 0) is 17.4 Å². The summed E-state index contributed by atoms with van der Waals surface area (Å²) in [6, 6.07) is 7.27. The summed E-state index contributed by atoms with van der Waals surface area (Å²) in [5.74, 6) is 0.0456. The normalized spacial score (nSPS) is 14.9. The maximum absolute atomic E-state index is 13.0. The van der Waals surface area contributed by atoms with E-state index < -0.39 is 11.7 Å². The zero-order chi connectivity index (χ0) is 23.0. The Balaban J connectivity index is 1.37. The van der Waals surface area contributed by atoms with Crippen molar-refractivity contribution in [3.8, 4) is 0 Å². The summed E-state index contributed by atoms with van der Waals surface area (Å²) in [6.45, 7) is 7.85. The summed E-state index contributed by atoms with van der Waals surface area (Å²) in [5.41, 5.74) is 4.49. The van der Waals surface area contributed by atoms with Crippen LogP contribution < -0.4 is 4.90 Å². The molecule has 0 radical (unpaired) electrons. The van der Waals surface area contributed by atoms with Crippen molar-refractivity contribution < 1.29 is 18.0 Å². The first-order valence-corrected chi connectivity index (χ1v) is 10.7. The summed E-state index contributed by atoms with van der Waals surface area (Å²) in [6.07, 6.45) is -3.43. The number of nitrogens with zero attached hydrogens (tertiary/aromatic N) is 5. The monoisotopic (exact) mass is 445 g/mol. The molecule has 6 nitrogen and oxygen atoms in total. The largest absolute Gasteiger partial charge is 0.416 e. The van der Waals surface area contributed by atoms with E-state index in [4.69, 9.17) is 0 Å². The van der Waals surface area contributed by atoms with Crippen LogP contribution in [0.25, 0.3) is 5.65 Å². The highest BCUT2D eigenvalue weighted by atomic mass is 19.4. The van der Waals surface area contributed by atoms with Crippen molar-refractivity contribution in [3.63, 3.8) is 0 Å². The van der Waals surface area contributed by atoms with Gasteiger partial charge in [-0.05, 0) is 51.0 Å². The fraction of sp³-hybridized carbons (Fsp3) is 0.435. The van der Waals surface area contributed by atoms with Crippen LogP contribution in [-0.4, -0.2) is 51.6 Å². The maximum atomic E-state index is 13.0. The molecule has 0 atom stereocenters. The Bertz CT molecular complexity index is 1150. The van der Waals surface area contributed by atoms with Crippen molar-refractivity contribution in [1.82, 2.24) is 19.5 Å². The molecule has 0 aliphatic carbocycles. The molecule has 1 fully saturated rings. The molecule has 4 rings (SSSR count). The lowest BCUT2D eigenvalue weighted by Gasteiger charge is -2.36. The van der Waals surface area contributed by atoms with Crippen molar-refractivity contribution in [1.29, 1.82) is 0 Å². The van der Waals surface area contributed by atoms with E-state index >= 15 is 0 Å². The molecular weight excluding hydrogens is 419 g/mol. The van der Waals surface area contributed by atoms with Crippen LogP contribution in [0, 0.1) is 20.8 Å². The first kappa shape index (κ1) is 22.1. The number of carbonyl (C=O) groups excluding carboxylic acids is 1. The van der Waals surface area contributed by atoms with E-state index in [1.165, 1.54) is 12.1 Å². The third kappa shape index (κ3) is 4.42. The second kappa shape index (κ2) is 8.44. The molecule has 3 aromatic rings. The van der Waals surface area contributed by atoms with Crippen LogP contribution in [0.3, 0.4) is 0 Å². The van der Waals surface area contributed by atoms with Gasteiger partial charge in [-0.1, -0.05) is 6.07 Å². The van der Waals surface area contributed by atoms with E-state index in [1.807, 2.05) is 36.3 Å². The number of piperazine rings is 1. The predicted molar refractivity (Wildman–Crippen MR) is 116 cm³/mol. The van der Waals surface area contributed by atoms with Crippen molar-refractivity contribution in [2.75, 3.05) is 31.1 Å². The lowest BCUT2D eigenvalue weighted by molar-refractivity contribution is -0.137. The van der Waals surface area contributed by atoms with Gasteiger partial charge in [0.05, 0.1) is 11.3 Å². The zero-order valence-electron chi connectivity index (χ0n) is 18.4. The first-order valence-electron chi connectivity index (χ1n) is 10.7. The van der Waals surface area contributed by atoms with Gasteiger partial charge in [0.25, 0.3) is 0 Å². The Labute approximate surface area is 184 Å². The van der Waals surface area contributed by atoms with Gasteiger partial charge < -0.3 is 9.80 Å². The molecule has 1 amide bonds. The van der Waals surface area contributed by atoms with Crippen LogP contribution >= 0.6 is 0 Å². The van der Waals surface area contributed by atoms with Crippen LogP contribution in [0.4, 0.5) is 18.9 Å². The van der Waals surface area contributed by atoms with E-state index in [-0.39, 0.29) is 5.91 Å². The summed E-state index contributed by atoms with van der Waals surface area (Å²) < 4.78 is 40.8. The summed E-state index contributed by atoms with van der Waals surface area (Å²) in [5, 5.41) is 4.47. The second-order valence-electron chi connectivity index (χ2n) is 8.23. The summed E-state index contributed by atoms with van der Waals surface area (Å²) >= 11 is 0. The number of aryl methyl sites for hydroxylation is 3. The number of alkyl halides is 3. The van der Waals surface area contributed by atoms with Gasteiger partial charge in [0.2, 0.25) is 5.91 Å². The molecule has 0 unspecified atom stereocenters. The second-order valence-corrected chi connectivity index (χ2v) is 8.23. The molecule has 0 bridgehead atoms. The summed E-state index contributed by atoms with van der Waals surface area (Å²) in [4.78, 5) is 21.1. The van der Waals surface area contributed by atoms with Crippen molar-refractivity contribution >= 4 is 17.2 Å². The fourth-order valence-electron chi connectivity index (χ4n) is 4.29. The number of anilines is 1. The van der Waals surface area contributed by atoms with Gasteiger partial charge in [0, 0.05) is 55.7 Å². The number of carbonyl (C=O) groups is 1. The molecule has 0 saturated carbocycles. The van der Waals surface area contributed by atoms with E-state index in [9.17, 15) is 18.0 Å². The average molecular weight is 445 g/mol. The fourth-order valence-corrected chi connectivity index (χ4v) is 4.29. The molecule has 9 heteroatoms. The van der Waals surface area contributed by atoms with Gasteiger partial charge in [0.15, 0.2) is 5.65 Å². The van der Waals surface area contributed by atoms with Gasteiger partial charge in [-0.25, -0.2) is 9.50 Å². The van der Waals surface area contributed by atoms with E-state index in [2.05, 4.69) is 10.1 Å². The molecule has 1 aliphatic rings. The Kier molecular flexibility index (Phi) is 5.83. The minimum atomic E-state index is -4.36. The van der Waals surface area contributed by atoms with Gasteiger partial charge in [-0.2, -0.15) is 18.3 Å². The number of hydrogen-bond donors (Lipinski definition) is 0. The third-order valence-corrected chi connectivity index (χ3v) is 6.05. The Morgan fingerprint density at radius 3 is 2.47 bits per heavy atom. The van der Waals surface area contributed by atoms with Crippen molar-refractivity contribution in [2.24, 2.45) is 0 Å². The standard InChI is InChI=1S/C23H26F3N5O/c1-15-13-21-27-16(2)20(17(3)31(21)28-15)7-8-22(32)30-11-9-29(10-12-30)19-6-4-5-18(14-19)23(24,25)26/h4-6,13-14H,7-12H2,1-3H3. The molecular formula is C23H26F3N5O. The van der Waals surface area contributed by atoms with Gasteiger partial charge in [-0.15, -0.1) is 0 Å². The topological polar surface area (TPSA) is 53.7 Å². The number of benzene rings is 1. The molecule has 3 heterocycles. The highest BCUT2D eigenvalue weighted by Gasteiger charge is 2.31. The lowest BCUT2D eigenvalue weighted by Crippen LogP contribution is -2.48.